The molecule has 12 rings (SSSR count). The summed E-state index contributed by atoms with van der Waals surface area (Å²) in [5, 5.41) is 9.77. The Labute approximate surface area is 357 Å². The summed E-state index contributed by atoms with van der Waals surface area (Å²) in [4.78, 5) is 11.4. The summed E-state index contributed by atoms with van der Waals surface area (Å²) in [7, 11) is 0. The summed E-state index contributed by atoms with van der Waals surface area (Å²) in [6.45, 7) is 2.31. The number of benzene rings is 9. The van der Waals surface area contributed by atoms with Gasteiger partial charge >= 0.3 is 0 Å². The lowest BCUT2D eigenvalue weighted by Crippen LogP contribution is -2.17. The lowest BCUT2D eigenvalue weighted by molar-refractivity contribution is 0.791. The van der Waals surface area contributed by atoms with Crippen molar-refractivity contribution in [3.8, 4) is 16.8 Å². The van der Waals surface area contributed by atoms with Crippen LogP contribution in [0.1, 0.15) is 30.0 Å². The third-order valence-corrected chi connectivity index (χ3v) is 13.6. The van der Waals surface area contributed by atoms with Crippen LogP contribution in [-0.4, -0.2) is 16.1 Å². The average molecular weight is 798 g/mol. The second-order valence-electron chi connectivity index (χ2n) is 16.1. The first-order valence-electron chi connectivity index (χ1n) is 21.0. The number of nitrogens with zero attached hydrogens (tertiary/aromatic N) is 3. The third kappa shape index (κ3) is 5.94. The van der Waals surface area contributed by atoms with E-state index in [0.29, 0.717) is 0 Å². The van der Waals surface area contributed by atoms with Gasteiger partial charge in [0.25, 0.3) is 0 Å². The molecular formula is C57H39N3S. The number of hydrogen-bond acceptors (Lipinski definition) is 3. The molecule has 4 heteroatoms. The number of hydrogen-bond donors (Lipinski definition) is 0. The molecule has 0 bridgehead atoms. The molecule has 11 aromatic rings. The molecular weight excluding hydrogens is 759 g/mol. The molecule has 3 heterocycles. The largest absolute Gasteiger partial charge is 0.308 e. The summed E-state index contributed by atoms with van der Waals surface area (Å²) in [6.07, 6.45) is 3.14. The van der Waals surface area contributed by atoms with E-state index < -0.39 is 0 Å². The molecule has 0 saturated heterocycles. The average Bonchev–Trinajstić information content (AvgIpc) is 3.86. The Morgan fingerprint density at radius 3 is 2.03 bits per heavy atom. The molecule has 3 nitrogen and oxygen atoms in total. The molecule has 0 N–H and O–H groups in total. The topological polar surface area (TPSA) is 29.6 Å². The molecule has 0 aliphatic carbocycles. The van der Waals surface area contributed by atoms with Gasteiger partial charge in [0.1, 0.15) is 0 Å². The Bertz CT molecular complexity index is 3630. The molecule has 0 saturated carbocycles. The second kappa shape index (κ2) is 14.4. The minimum Gasteiger partial charge on any atom is -0.308 e. The van der Waals surface area contributed by atoms with Crippen molar-refractivity contribution in [1.82, 2.24) is 4.57 Å². The Balaban J connectivity index is 1.14. The van der Waals surface area contributed by atoms with Crippen molar-refractivity contribution in [2.24, 2.45) is 15.9 Å². The monoisotopic (exact) mass is 797 g/mol. The highest BCUT2D eigenvalue weighted by Gasteiger charge is 2.24. The number of para-hydroxylation sites is 1. The molecule has 0 amide bonds. The highest BCUT2D eigenvalue weighted by atomic mass is 32.1. The molecule has 0 radical (unpaired) electrons. The quantitative estimate of drug-likeness (QED) is 0.166. The van der Waals surface area contributed by atoms with Crippen molar-refractivity contribution in [2.75, 3.05) is 0 Å². The van der Waals surface area contributed by atoms with Crippen LogP contribution in [-0.2, 0) is 0 Å². The van der Waals surface area contributed by atoms with Crippen LogP contribution in [0.4, 0.5) is 0 Å². The van der Waals surface area contributed by atoms with Gasteiger partial charge in [-0.05, 0) is 81.6 Å². The van der Waals surface area contributed by atoms with Crippen LogP contribution in [0.15, 0.2) is 210 Å². The fraction of sp³-hybridized carbons (Fsp3) is 0.0526. The van der Waals surface area contributed by atoms with Crippen LogP contribution in [0.3, 0.4) is 0 Å². The van der Waals surface area contributed by atoms with Gasteiger partial charge in [-0.25, -0.2) is 9.98 Å². The van der Waals surface area contributed by atoms with E-state index >= 15 is 0 Å². The second-order valence-corrected chi connectivity index (χ2v) is 17.2. The van der Waals surface area contributed by atoms with Crippen LogP contribution in [0.5, 0.6) is 0 Å². The van der Waals surface area contributed by atoms with Gasteiger partial charge in [0, 0.05) is 48.9 Å². The Morgan fingerprint density at radius 2 is 1.16 bits per heavy atom. The summed E-state index contributed by atoms with van der Waals surface area (Å²) < 4.78 is 4.93. The molecule has 0 spiro atoms. The van der Waals surface area contributed by atoms with Gasteiger partial charge in [-0.1, -0.05) is 165 Å². The van der Waals surface area contributed by atoms with Crippen LogP contribution in [0.2, 0.25) is 0 Å². The van der Waals surface area contributed by atoms with Crippen LogP contribution >= 0.6 is 11.3 Å². The Kier molecular flexibility index (Phi) is 8.39. The van der Waals surface area contributed by atoms with Crippen LogP contribution in [0, 0.1) is 5.92 Å². The van der Waals surface area contributed by atoms with Crippen molar-refractivity contribution >= 4 is 92.1 Å². The molecule has 0 fully saturated rings. The fourth-order valence-corrected chi connectivity index (χ4v) is 10.7. The van der Waals surface area contributed by atoms with E-state index in [9.17, 15) is 0 Å². The van der Waals surface area contributed by atoms with Gasteiger partial charge in [-0.3, -0.25) is 0 Å². The standard InChI is InChI=1S/C57H39N3S/c1-36-29-31-49(42-22-13-21-39(33-42)37-15-3-2-4-16-37)58-57(59-55(36)45-26-14-20-38-17-7-8-23-43(38)45)47-30-32-51(56-54(47)46-25-10-12-28-53(46)61-56)60-50-27-11-9-24-44(50)48-34-40-18-5-6-19-41(40)35-52(48)60/h2-28,30-36H,29H2,1H3/b49-31+,58-57-,59-55+. The smallest absolute Gasteiger partial charge is 0.160 e. The van der Waals surface area contributed by atoms with Gasteiger partial charge in [0.2, 0.25) is 0 Å². The van der Waals surface area contributed by atoms with Gasteiger partial charge < -0.3 is 4.57 Å². The maximum atomic E-state index is 5.75. The Hall–Kier alpha value is -7.40. The molecule has 1 atom stereocenters. The van der Waals surface area contributed by atoms with E-state index in [1.54, 1.807) is 0 Å². The molecule has 288 valence electrons. The zero-order valence-corrected chi connectivity index (χ0v) is 34.4. The van der Waals surface area contributed by atoms with Crippen molar-refractivity contribution < 1.29 is 0 Å². The maximum absolute atomic E-state index is 5.75. The van der Waals surface area contributed by atoms with Gasteiger partial charge in [0.15, 0.2) is 5.84 Å². The van der Waals surface area contributed by atoms with Crippen LogP contribution in [0.25, 0.3) is 86.0 Å². The SMILES string of the molecule is CC1C/C=C(c2cccc(-c3ccccc3)c2)/N=C(c2ccc(-n3c4ccccc4c4cc5ccccc5cc43)c3sc4ccccc4c23)\N=C/1c1cccc2ccccc12. The van der Waals surface area contributed by atoms with E-state index in [2.05, 4.69) is 212 Å². The lowest BCUT2D eigenvalue weighted by Gasteiger charge is -2.20. The highest BCUT2D eigenvalue weighted by Crippen LogP contribution is 2.44. The van der Waals surface area contributed by atoms with Gasteiger partial charge in [-0.15, -0.1) is 11.3 Å². The van der Waals surface area contributed by atoms with E-state index in [0.717, 1.165) is 46.0 Å². The predicted molar refractivity (Wildman–Crippen MR) is 262 cm³/mol. The number of allylic oxidation sites excluding steroid dienone is 1. The number of thiophene rings is 1. The molecule has 1 unspecified atom stereocenters. The summed E-state index contributed by atoms with van der Waals surface area (Å²) >= 11 is 1.85. The minimum absolute atomic E-state index is 0.130. The van der Waals surface area contributed by atoms with E-state index in [4.69, 9.17) is 9.98 Å². The number of amidine groups is 1. The van der Waals surface area contributed by atoms with Gasteiger partial charge in [-0.2, -0.15) is 0 Å². The van der Waals surface area contributed by atoms with E-state index in [-0.39, 0.29) is 5.92 Å². The summed E-state index contributed by atoms with van der Waals surface area (Å²) in [6, 6.07) is 70.3. The summed E-state index contributed by atoms with van der Waals surface area (Å²) in [5.41, 5.74) is 11.1. The first kappa shape index (κ1) is 35.5. The first-order valence-corrected chi connectivity index (χ1v) is 21.9. The highest BCUT2D eigenvalue weighted by molar-refractivity contribution is 7.26. The lowest BCUT2D eigenvalue weighted by atomic mass is 9.90. The normalized spacial score (nSPS) is 17.3. The third-order valence-electron chi connectivity index (χ3n) is 12.4. The number of aliphatic imine (C=N–C) groups is 2. The predicted octanol–water partition coefficient (Wildman–Crippen LogP) is 15.4. The van der Waals surface area contributed by atoms with Crippen molar-refractivity contribution in [3.05, 3.63) is 217 Å². The zero-order chi connectivity index (χ0) is 40.4. The molecule has 1 aliphatic rings. The van der Waals surface area contributed by atoms with Crippen molar-refractivity contribution in [3.63, 3.8) is 0 Å². The van der Waals surface area contributed by atoms with Gasteiger partial charge in [0.05, 0.1) is 32.8 Å². The molecule has 2 aromatic heterocycles. The number of aromatic nitrogens is 1. The molecule has 1 aliphatic heterocycles. The number of fused-ring (bicyclic) bond motifs is 8. The zero-order valence-electron chi connectivity index (χ0n) is 33.6. The van der Waals surface area contributed by atoms with E-state index in [1.165, 1.54) is 74.6 Å². The minimum atomic E-state index is 0.130. The van der Waals surface area contributed by atoms with E-state index in [1.807, 2.05) is 11.3 Å². The molecule has 61 heavy (non-hydrogen) atoms. The Morgan fingerprint density at radius 1 is 0.492 bits per heavy atom. The maximum Gasteiger partial charge on any atom is 0.160 e. The summed E-state index contributed by atoms with van der Waals surface area (Å²) in [5.74, 6) is 0.851. The number of rotatable bonds is 5. The van der Waals surface area contributed by atoms with Crippen LogP contribution < -0.4 is 0 Å². The van der Waals surface area contributed by atoms with Crippen molar-refractivity contribution in [2.45, 2.75) is 13.3 Å². The fourth-order valence-electron chi connectivity index (χ4n) is 9.47. The van der Waals surface area contributed by atoms with Crippen molar-refractivity contribution in [1.29, 1.82) is 0 Å². The molecule has 9 aromatic carbocycles. The first-order chi connectivity index (χ1) is 30.2.